The predicted octanol–water partition coefficient (Wildman–Crippen LogP) is 3.87. The summed E-state index contributed by atoms with van der Waals surface area (Å²) >= 11 is 0. The molecule has 19 heteroatoms. The zero-order valence-corrected chi connectivity index (χ0v) is 41.3. The Bertz CT molecular complexity index is 2010. The number of nitrogens with zero attached hydrogens (tertiary/aromatic N) is 3. The molecule has 3 saturated heterocycles. The number of allylic oxidation sites excluding steroid dienone is 3. The van der Waals surface area contributed by atoms with E-state index in [9.17, 15) is 24.9 Å². The first-order valence-corrected chi connectivity index (χ1v) is 23.9. The van der Waals surface area contributed by atoms with E-state index in [0.29, 0.717) is 30.0 Å². The van der Waals surface area contributed by atoms with Gasteiger partial charge in [0.2, 0.25) is 0 Å². The smallest absolute Gasteiger partial charge is 0.308 e. The molecule has 1 aromatic heterocycles. The number of aliphatic hydroxyl groups excluding tert-OH is 3. The van der Waals surface area contributed by atoms with E-state index in [-0.39, 0.29) is 57.8 Å². The summed E-state index contributed by atoms with van der Waals surface area (Å²) in [5.74, 6) is -2.20. The summed E-state index contributed by atoms with van der Waals surface area (Å²) in [6.07, 6.45) is -4.07. The number of esters is 1. The lowest BCUT2D eigenvalue weighted by molar-refractivity contribution is -0.305. The molecule has 5 heterocycles. The highest BCUT2D eigenvalue weighted by Gasteiger charge is 2.48. The van der Waals surface area contributed by atoms with Gasteiger partial charge in [0.1, 0.15) is 35.8 Å². The highest BCUT2D eigenvalue weighted by molar-refractivity contribution is 5.91. The molecule has 1 aromatic carbocycles. The van der Waals surface area contributed by atoms with Crippen LogP contribution >= 0.6 is 0 Å². The molecule has 16 atom stereocenters. The summed E-state index contributed by atoms with van der Waals surface area (Å²) in [6.45, 7) is 9.09. The van der Waals surface area contributed by atoms with Crippen molar-refractivity contribution in [2.24, 2.45) is 28.8 Å². The van der Waals surface area contributed by atoms with E-state index in [2.05, 4.69) is 10.3 Å². The van der Waals surface area contributed by atoms with Crippen LogP contribution in [0.25, 0.3) is 11.3 Å². The van der Waals surface area contributed by atoms with Crippen molar-refractivity contribution in [1.82, 2.24) is 10.1 Å². The maximum Gasteiger partial charge on any atom is 0.308 e. The van der Waals surface area contributed by atoms with Crippen LogP contribution in [0.1, 0.15) is 59.6 Å². The molecule has 0 amide bonds. The van der Waals surface area contributed by atoms with Gasteiger partial charge in [0, 0.05) is 50.2 Å². The molecule has 3 fully saturated rings. The largest absolute Gasteiger partial charge is 0.465 e. The quantitative estimate of drug-likeness (QED) is 0.203. The van der Waals surface area contributed by atoms with Gasteiger partial charge >= 0.3 is 5.97 Å². The van der Waals surface area contributed by atoms with Gasteiger partial charge in [-0.2, -0.15) is 0 Å². The van der Waals surface area contributed by atoms with E-state index in [1.54, 1.807) is 51.1 Å². The van der Waals surface area contributed by atoms with Crippen LogP contribution in [0.3, 0.4) is 0 Å². The molecule has 19 nitrogen and oxygen atoms in total. The zero-order chi connectivity index (χ0) is 49.8. The van der Waals surface area contributed by atoms with Gasteiger partial charge < -0.3 is 72.2 Å². The van der Waals surface area contributed by atoms with Gasteiger partial charge in [0.05, 0.1) is 69.4 Å². The first-order chi connectivity index (χ1) is 33.1. The Morgan fingerprint density at radius 2 is 1.61 bits per heavy atom. The summed E-state index contributed by atoms with van der Waals surface area (Å²) < 4.78 is 60.8. The predicted molar refractivity (Wildman–Crippen MR) is 249 cm³/mol. The number of hydrogen-bond donors (Lipinski definition) is 3. The van der Waals surface area contributed by atoms with Crippen molar-refractivity contribution in [3.05, 3.63) is 66.0 Å². The van der Waals surface area contributed by atoms with Crippen molar-refractivity contribution >= 4 is 17.5 Å². The molecule has 0 aliphatic carbocycles. The Balaban J connectivity index is 1.28. The highest BCUT2D eigenvalue weighted by atomic mass is 16.7. The lowest BCUT2D eigenvalue weighted by atomic mass is 9.79. The number of cyclic esters (lactones) is 1. The van der Waals surface area contributed by atoms with Crippen LogP contribution < -0.4 is 0 Å². The van der Waals surface area contributed by atoms with Gasteiger partial charge in [-0.25, -0.2) is 0 Å². The minimum absolute atomic E-state index is 0.0206. The van der Waals surface area contributed by atoms with E-state index in [1.165, 1.54) is 14.2 Å². The van der Waals surface area contributed by atoms with E-state index < -0.39 is 97.3 Å². The molecule has 2 bridgehead atoms. The van der Waals surface area contributed by atoms with Crippen molar-refractivity contribution in [1.29, 1.82) is 0 Å². The molecule has 3 N–H and O–H groups in total. The number of carbonyl (C=O) groups is 2. The number of ether oxygens (including phenoxy) is 9. The highest BCUT2D eigenvalue weighted by Crippen LogP contribution is 2.36. The summed E-state index contributed by atoms with van der Waals surface area (Å²) in [4.78, 5) is 35.6. The third kappa shape index (κ3) is 14.6. The monoisotopic (exact) mass is 971 g/mol. The fraction of sp³-hybridized carbons (Fsp3) is 0.680. The number of benzene rings is 1. The first-order valence-electron chi connectivity index (χ1n) is 23.9. The average Bonchev–Trinajstić information content (AvgIpc) is 3.80. The number of carbonyl (C=O) groups excluding carboxylic acids is 2. The van der Waals surface area contributed by atoms with E-state index >= 15 is 0 Å². The fourth-order valence-corrected chi connectivity index (χ4v) is 9.42. The topological polar surface area (TPSA) is 229 Å². The number of fused-ring (bicyclic) bond motifs is 3. The lowest BCUT2D eigenvalue weighted by Crippen LogP contribution is -2.63. The number of aromatic nitrogens is 1. The van der Waals surface area contributed by atoms with Crippen LogP contribution in [0.15, 0.2) is 69.9 Å². The maximum atomic E-state index is 14.1. The normalized spacial score (nSPS) is 37.7. The maximum absolute atomic E-state index is 14.1. The summed E-state index contributed by atoms with van der Waals surface area (Å²) in [7, 11) is 6.48. The second kappa shape index (κ2) is 25.9. The Hall–Kier alpha value is -3.96. The number of ketones is 1. The molecule has 2 aromatic rings. The van der Waals surface area contributed by atoms with Crippen LogP contribution in [-0.4, -0.2) is 178 Å². The average molecular weight is 972 g/mol. The molecule has 1 unspecified atom stereocenters. The number of likely N-dealkylation sites (N-methyl/N-ethyl adjacent to an activating group) is 1. The molecule has 4 aliphatic heterocycles. The Kier molecular flexibility index (Phi) is 20.4. The molecule has 6 rings (SSSR count). The Labute approximate surface area is 404 Å². The number of aliphatic hydroxyl groups is 3. The van der Waals surface area contributed by atoms with E-state index in [1.807, 2.05) is 57.2 Å². The standard InChI is InChI=1S/C50H73N3O16/c1-28-15-16-39(54)29(2)20-35-17-18-61-25-36(51-65-27-37-21-38(52-69-37)34-13-11-10-12-14-34)26-62-40(30(3)46(35)68-49-45(58)42(53(6)7)43(56)31(4)66-49)22-41(55)63-23-33(19-28)24-64-50-48(60-9)47(59-8)44(57)32(5)67-50/h10-16,19,21,29-33,35,40,42-50,56-58H,17-18,20,22-27H2,1-9H3/b16-15+,28-19+,51-36+/t29-,30+,31-,32-,33+,35?,40-,42+,43-,44-,45-,46-,47-,48-,49+,50-/m1/s1. The Morgan fingerprint density at radius 1 is 0.884 bits per heavy atom. The van der Waals surface area contributed by atoms with Crippen molar-refractivity contribution in [3.8, 4) is 11.3 Å². The van der Waals surface area contributed by atoms with Crippen LogP contribution in [-0.2, 0) is 63.7 Å². The zero-order valence-electron chi connectivity index (χ0n) is 41.3. The van der Waals surface area contributed by atoms with Crippen molar-refractivity contribution in [2.75, 3.05) is 61.3 Å². The lowest BCUT2D eigenvalue weighted by Gasteiger charge is -2.47. The van der Waals surface area contributed by atoms with Gasteiger partial charge in [-0.3, -0.25) is 9.59 Å². The number of oxime groups is 1. The number of hydrogen-bond acceptors (Lipinski definition) is 19. The van der Waals surface area contributed by atoms with Crippen LogP contribution in [0.4, 0.5) is 0 Å². The van der Waals surface area contributed by atoms with Crippen molar-refractivity contribution in [3.63, 3.8) is 0 Å². The molecule has 0 radical (unpaired) electrons. The SMILES string of the molecule is CO[C@@H]1[C@H](O)[C@@H](C)O[C@@H](OC[C@H]2/C=C(C)/C=C/C(=O)[C@H](C)CC3CCOC/C(=N\OCc4cc(-c5ccccc5)no4)CO[C@H](CC(=O)OC2)[C@H](C)[C@H]3O[C@@H]2O[C@H](C)[C@@H](O)[C@H](N(C)C)[C@H]2O)[C@@H]1OC. The molecule has 0 spiro atoms. The van der Waals surface area contributed by atoms with Crippen LogP contribution in [0.5, 0.6) is 0 Å². The van der Waals surface area contributed by atoms with Gasteiger partial charge in [0.25, 0.3) is 0 Å². The van der Waals surface area contributed by atoms with Crippen molar-refractivity contribution in [2.45, 2.75) is 134 Å². The van der Waals surface area contributed by atoms with Crippen LogP contribution in [0, 0.1) is 23.7 Å². The summed E-state index contributed by atoms with van der Waals surface area (Å²) in [6, 6.07) is 10.7. The number of methoxy groups -OCH3 is 2. The molecule has 4 aliphatic rings. The van der Waals surface area contributed by atoms with E-state index in [4.69, 9.17) is 52.0 Å². The summed E-state index contributed by atoms with van der Waals surface area (Å²) in [5, 5.41) is 42.0. The fourth-order valence-electron chi connectivity index (χ4n) is 9.42. The molecule has 69 heavy (non-hydrogen) atoms. The van der Waals surface area contributed by atoms with Gasteiger partial charge in [-0.15, -0.1) is 0 Å². The minimum atomic E-state index is -1.26. The molecular weight excluding hydrogens is 899 g/mol. The minimum Gasteiger partial charge on any atom is -0.465 e. The van der Waals surface area contributed by atoms with Gasteiger partial charge in [-0.05, 0) is 59.7 Å². The third-order valence-electron chi connectivity index (χ3n) is 13.4. The second-order valence-electron chi connectivity index (χ2n) is 18.9. The number of rotatable bonds is 12. The summed E-state index contributed by atoms with van der Waals surface area (Å²) in [5.41, 5.74) is 2.67. The Morgan fingerprint density at radius 3 is 2.33 bits per heavy atom. The molecule has 0 saturated carbocycles. The van der Waals surface area contributed by atoms with Crippen molar-refractivity contribution < 1.29 is 76.9 Å². The molecule has 384 valence electrons. The second-order valence-corrected chi connectivity index (χ2v) is 18.9. The van der Waals surface area contributed by atoms with Gasteiger partial charge in [0.15, 0.2) is 30.7 Å². The third-order valence-corrected chi connectivity index (χ3v) is 13.4. The first kappa shape index (κ1) is 54.4. The molecular formula is C50H73N3O16. The van der Waals surface area contributed by atoms with Gasteiger partial charge in [-0.1, -0.05) is 72.2 Å². The van der Waals surface area contributed by atoms with Crippen LogP contribution in [0.2, 0.25) is 0 Å². The van der Waals surface area contributed by atoms with E-state index in [0.717, 1.165) is 11.1 Å².